The van der Waals surface area contributed by atoms with E-state index < -0.39 is 33.2 Å². The van der Waals surface area contributed by atoms with E-state index >= 15 is 0 Å². The first-order valence-electron chi connectivity index (χ1n) is 14.1. The summed E-state index contributed by atoms with van der Waals surface area (Å²) in [7, 11) is -2.21. The molecule has 4 rings (SSSR count). The molecule has 0 saturated carbocycles. The molecule has 0 fully saturated rings. The Balaban J connectivity index is 1.71. The van der Waals surface area contributed by atoms with Crippen LogP contribution in [0.1, 0.15) is 51.1 Å². The highest BCUT2D eigenvalue weighted by Crippen LogP contribution is 2.47. The molecule has 0 saturated heterocycles. The molecule has 8 nitrogen and oxygen atoms in total. The number of aliphatic carboxylic acids is 1. The van der Waals surface area contributed by atoms with Gasteiger partial charge in [-0.3, -0.25) is 4.79 Å². The molecule has 1 aliphatic heterocycles. The van der Waals surface area contributed by atoms with Gasteiger partial charge in [-0.15, -0.1) is 11.8 Å². The zero-order valence-corrected chi connectivity index (χ0v) is 25.8. The van der Waals surface area contributed by atoms with Crippen LogP contribution in [-0.4, -0.2) is 50.6 Å². The van der Waals surface area contributed by atoms with Gasteiger partial charge in [0.15, 0.2) is 15.9 Å². The summed E-state index contributed by atoms with van der Waals surface area (Å²) in [6, 6.07) is 20.4. The zero-order valence-electron chi connectivity index (χ0n) is 24.2. The van der Waals surface area contributed by atoms with Crippen molar-refractivity contribution in [2.24, 2.45) is 5.41 Å². The van der Waals surface area contributed by atoms with Gasteiger partial charge in [0, 0.05) is 23.7 Å². The van der Waals surface area contributed by atoms with Crippen LogP contribution in [0.15, 0.2) is 82.6 Å². The van der Waals surface area contributed by atoms with Crippen LogP contribution in [0.5, 0.6) is 5.75 Å². The number of carbonyl (C=O) groups is 2. The van der Waals surface area contributed by atoms with Gasteiger partial charge >= 0.3 is 5.97 Å². The fourth-order valence-electron chi connectivity index (χ4n) is 5.42. The maximum absolute atomic E-state index is 14.0. The number of methoxy groups -OCH3 is 1. The van der Waals surface area contributed by atoms with E-state index in [1.54, 1.807) is 42.5 Å². The Morgan fingerprint density at radius 1 is 1.07 bits per heavy atom. The van der Waals surface area contributed by atoms with E-state index in [4.69, 9.17) is 4.74 Å². The molecule has 0 spiro atoms. The van der Waals surface area contributed by atoms with E-state index in [2.05, 4.69) is 24.1 Å². The lowest BCUT2D eigenvalue weighted by Gasteiger charge is -2.36. The molecule has 1 heterocycles. The van der Waals surface area contributed by atoms with Crippen molar-refractivity contribution in [1.82, 2.24) is 5.32 Å². The van der Waals surface area contributed by atoms with Gasteiger partial charge in [0.05, 0.1) is 34.1 Å². The van der Waals surface area contributed by atoms with Gasteiger partial charge in [0.25, 0.3) is 0 Å². The number of unbranched alkanes of at least 4 members (excludes halogenated alkanes) is 1. The van der Waals surface area contributed by atoms with E-state index in [0.29, 0.717) is 34.9 Å². The third kappa shape index (κ3) is 7.10. The van der Waals surface area contributed by atoms with Crippen LogP contribution in [0.3, 0.4) is 0 Å². The van der Waals surface area contributed by atoms with Crippen molar-refractivity contribution < 1.29 is 27.9 Å². The average Bonchev–Trinajstić information content (AvgIpc) is 3.09. The van der Waals surface area contributed by atoms with Crippen LogP contribution in [0.2, 0.25) is 0 Å². The van der Waals surface area contributed by atoms with Crippen molar-refractivity contribution in [2.75, 3.05) is 30.1 Å². The number of anilines is 2. The molecular weight excluding hydrogens is 572 g/mol. The molecule has 2 atom stereocenters. The predicted molar refractivity (Wildman–Crippen MR) is 166 cm³/mol. The highest BCUT2D eigenvalue weighted by atomic mass is 32.2. The molecule has 0 radical (unpaired) electrons. The number of para-hydroxylation sites is 1. The third-order valence-electron chi connectivity index (χ3n) is 7.78. The number of carboxylic acid groups (broad SMARTS) is 1. The molecule has 0 bridgehead atoms. The minimum absolute atomic E-state index is 0.0426. The second-order valence-corrected chi connectivity index (χ2v) is 13.6. The molecule has 1 aliphatic rings. The third-order valence-corrected chi connectivity index (χ3v) is 10.8. The number of ether oxygens (including phenoxy) is 1. The topological polar surface area (TPSA) is 113 Å². The van der Waals surface area contributed by atoms with Gasteiger partial charge in [-0.1, -0.05) is 75.2 Å². The largest absolute Gasteiger partial charge is 0.496 e. The van der Waals surface area contributed by atoms with Crippen LogP contribution in [0, 0.1) is 5.41 Å². The quantitative estimate of drug-likeness (QED) is 0.232. The molecular formula is C32H38N2O6S2. The van der Waals surface area contributed by atoms with Gasteiger partial charge in [0.2, 0.25) is 5.91 Å². The Hall–Kier alpha value is -3.50. The summed E-state index contributed by atoms with van der Waals surface area (Å²) < 4.78 is 33.5. The maximum atomic E-state index is 14.0. The Morgan fingerprint density at radius 3 is 2.33 bits per heavy atom. The van der Waals surface area contributed by atoms with Crippen LogP contribution in [-0.2, 0) is 19.4 Å². The number of nitrogens with one attached hydrogen (secondary N) is 1. The molecule has 0 aliphatic carbocycles. The summed E-state index contributed by atoms with van der Waals surface area (Å²) in [5.74, 6) is -1.32. The zero-order chi connectivity index (χ0) is 30.3. The molecule has 2 N–H and O–H groups in total. The number of carbonyl (C=O) groups excluding carboxylic acids is 1. The maximum Gasteiger partial charge on any atom is 0.330 e. The van der Waals surface area contributed by atoms with Gasteiger partial charge in [-0.2, -0.15) is 0 Å². The fourth-order valence-corrected chi connectivity index (χ4v) is 8.45. The number of hydrogen-bond donors (Lipinski definition) is 2. The van der Waals surface area contributed by atoms with Crippen LogP contribution < -0.4 is 15.0 Å². The molecule has 3 aromatic rings. The van der Waals surface area contributed by atoms with Gasteiger partial charge in [0.1, 0.15) is 5.75 Å². The second-order valence-electron chi connectivity index (χ2n) is 10.6. The molecule has 3 aromatic carbocycles. The standard InChI is InChI=1S/C32H38N2O6S2/c1-4-6-17-32(5-2)21-34(24-15-11-8-12-16-24)25-18-27(26(40-3)19-28(25)42(38,39)22-32)41-20-29(35)33-30(31(36)37)23-13-9-7-10-14-23/h7-16,18-19,30H,4-6,17,20-22H2,1-3H3,(H,33,35)(H,36,37)/t30-,32?/m1/s1. The number of amides is 1. The molecule has 224 valence electrons. The summed E-state index contributed by atoms with van der Waals surface area (Å²) >= 11 is 1.17. The molecule has 1 amide bonds. The van der Waals surface area contributed by atoms with Crippen molar-refractivity contribution in [3.63, 3.8) is 0 Å². The molecule has 1 unspecified atom stereocenters. The Morgan fingerprint density at radius 2 is 1.74 bits per heavy atom. The van der Waals surface area contributed by atoms with E-state index in [1.165, 1.54) is 18.9 Å². The normalized spacial score (nSPS) is 18.4. The number of carboxylic acids is 1. The fraction of sp³-hybridized carbons (Fsp3) is 0.375. The van der Waals surface area contributed by atoms with Gasteiger partial charge < -0.3 is 20.1 Å². The average molecular weight is 611 g/mol. The minimum atomic E-state index is -3.68. The summed E-state index contributed by atoms with van der Waals surface area (Å²) in [4.78, 5) is 27.7. The minimum Gasteiger partial charge on any atom is -0.496 e. The lowest BCUT2D eigenvalue weighted by molar-refractivity contribution is -0.141. The van der Waals surface area contributed by atoms with Crippen molar-refractivity contribution in [3.05, 3.63) is 78.4 Å². The van der Waals surface area contributed by atoms with Crippen molar-refractivity contribution in [2.45, 2.75) is 55.4 Å². The highest BCUT2D eigenvalue weighted by molar-refractivity contribution is 8.00. The number of rotatable bonds is 12. The number of benzene rings is 3. The van der Waals surface area contributed by atoms with E-state index in [0.717, 1.165) is 24.9 Å². The van der Waals surface area contributed by atoms with Crippen LogP contribution in [0.25, 0.3) is 0 Å². The van der Waals surface area contributed by atoms with Crippen molar-refractivity contribution in [1.29, 1.82) is 0 Å². The Labute approximate surface area is 252 Å². The number of nitrogens with zero attached hydrogens (tertiary/aromatic N) is 1. The highest BCUT2D eigenvalue weighted by Gasteiger charge is 2.42. The van der Waals surface area contributed by atoms with E-state index in [9.17, 15) is 23.1 Å². The number of sulfone groups is 1. The number of fused-ring (bicyclic) bond motifs is 1. The first-order valence-corrected chi connectivity index (χ1v) is 16.7. The first kappa shape index (κ1) is 31.4. The lowest BCUT2D eigenvalue weighted by Crippen LogP contribution is -2.37. The Kier molecular flexibility index (Phi) is 10.2. The lowest BCUT2D eigenvalue weighted by atomic mass is 9.81. The Bertz CT molecular complexity index is 1500. The molecule has 42 heavy (non-hydrogen) atoms. The monoisotopic (exact) mass is 610 g/mol. The van der Waals surface area contributed by atoms with Crippen LogP contribution >= 0.6 is 11.8 Å². The summed E-state index contributed by atoms with van der Waals surface area (Å²) in [6.07, 6.45) is 3.42. The molecule has 0 aromatic heterocycles. The van der Waals surface area contributed by atoms with Crippen molar-refractivity contribution in [3.8, 4) is 5.75 Å². The van der Waals surface area contributed by atoms with Gasteiger partial charge in [-0.25, -0.2) is 13.2 Å². The SMILES string of the molecule is CCCCC1(CC)CN(c2ccccc2)c2cc(SCC(=O)N[C@@H](C(=O)O)c3ccccc3)c(OC)cc2S(=O)(=O)C1. The summed E-state index contributed by atoms with van der Waals surface area (Å²) in [5, 5.41) is 12.3. The second kappa shape index (κ2) is 13.6. The van der Waals surface area contributed by atoms with Crippen molar-refractivity contribution >= 4 is 44.9 Å². The first-order chi connectivity index (χ1) is 20.1. The summed E-state index contributed by atoms with van der Waals surface area (Å²) in [5.41, 5.74) is 1.46. The van der Waals surface area contributed by atoms with Gasteiger partial charge in [-0.05, 0) is 36.6 Å². The number of hydrogen-bond acceptors (Lipinski definition) is 7. The van der Waals surface area contributed by atoms with E-state index in [-0.39, 0.29) is 16.4 Å². The van der Waals surface area contributed by atoms with E-state index in [1.807, 2.05) is 30.3 Å². The number of thioether (sulfide) groups is 1. The smallest absolute Gasteiger partial charge is 0.330 e. The summed E-state index contributed by atoms with van der Waals surface area (Å²) in [6.45, 7) is 4.71. The molecule has 10 heteroatoms. The van der Waals surface area contributed by atoms with Crippen LogP contribution in [0.4, 0.5) is 11.4 Å². The predicted octanol–water partition coefficient (Wildman–Crippen LogP) is 6.24.